The first-order valence-corrected chi connectivity index (χ1v) is 19.3. The summed E-state index contributed by atoms with van der Waals surface area (Å²) >= 11 is 6.78. The van der Waals surface area contributed by atoms with E-state index in [1.165, 1.54) is 0 Å². The third kappa shape index (κ3) is 7.86. The zero-order valence-corrected chi connectivity index (χ0v) is 30.8. The number of piperazine rings is 1. The molecule has 276 valence electrons. The average Bonchev–Trinajstić information content (AvgIpc) is 3.20. The summed E-state index contributed by atoms with van der Waals surface area (Å²) in [6, 6.07) is 24.9. The first kappa shape index (κ1) is 35.4. The van der Waals surface area contributed by atoms with Gasteiger partial charge in [0.25, 0.3) is 0 Å². The van der Waals surface area contributed by atoms with Crippen LogP contribution in [0.3, 0.4) is 0 Å². The highest BCUT2D eigenvalue weighted by atomic mass is 35.5. The fourth-order valence-corrected chi connectivity index (χ4v) is 8.66. The summed E-state index contributed by atoms with van der Waals surface area (Å²) in [5, 5.41) is 12.7. The molecule has 5 heterocycles. The molecule has 4 aliphatic heterocycles. The van der Waals surface area contributed by atoms with Gasteiger partial charge in [-0.1, -0.05) is 66.2 Å². The molecule has 0 bridgehead atoms. The molecule has 12 heteroatoms. The number of benzene rings is 3. The van der Waals surface area contributed by atoms with Crippen molar-refractivity contribution < 1.29 is 19.0 Å². The Bertz CT molecular complexity index is 1940. The summed E-state index contributed by atoms with van der Waals surface area (Å²) in [7, 11) is 0. The highest BCUT2D eigenvalue weighted by Crippen LogP contribution is 2.38. The van der Waals surface area contributed by atoms with Gasteiger partial charge in [-0.05, 0) is 55.2 Å². The Balaban J connectivity index is 1.05. The van der Waals surface area contributed by atoms with Crippen LogP contribution in [0.2, 0.25) is 5.02 Å². The van der Waals surface area contributed by atoms with E-state index in [-0.39, 0.29) is 25.2 Å². The summed E-state index contributed by atoms with van der Waals surface area (Å²) in [4.78, 5) is 32.4. The molecule has 3 aromatic carbocycles. The van der Waals surface area contributed by atoms with E-state index in [0.29, 0.717) is 38.2 Å². The number of carbonyl (C=O) groups is 1. The van der Waals surface area contributed by atoms with Crippen molar-refractivity contribution in [3.63, 3.8) is 0 Å². The van der Waals surface area contributed by atoms with Crippen LogP contribution in [0.5, 0.6) is 6.01 Å². The van der Waals surface area contributed by atoms with Crippen LogP contribution in [0, 0.1) is 11.3 Å². The van der Waals surface area contributed by atoms with Gasteiger partial charge in [0.2, 0.25) is 0 Å². The Morgan fingerprint density at radius 1 is 0.906 bits per heavy atom. The molecule has 3 fully saturated rings. The molecule has 0 aliphatic carbocycles. The smallest absolute Gasteiger partial charge is 0.410 e. The van der Waals surface area contributed by atoms with Crippen LogP contribution in [0.1, 0.15) is 48.9 Å². The molecule has 1 amide bonds. The monoisotopic (exact) mass is 735 g/mol. The van der Waals surface area contributed by atoms with E-state index in [4.69, 9.17) is 35.8 Å². The van der Waals surface area contributed by atoms with Crippen molar-refractivity contribution in [2.45, 2.75) is 69.9 Å². The second kappa shape index (κ2) is 16.2. The predicted octanol–water partition coefficient (Wildman–Crippen LogP) is 6.61. The average molecular weight is 736 g/mol. The number of nitrogens with zero attached hydrogens (tertiary/aromatic N) is 7. The van der Waals surface area contributed by atoms with E-state index in [0.717, 1.165) is 109 Å². The molecule has 8 rings (SSSR count). The number of rotatable bonds is 8. The zero-order valence-electron chi connectivity index (χ0n) is 30.0. The van der Waals surface area contributed by atoms with Gasteiger partial charge in [0.15, 0.2) is 0 Å². The number of ether oxygens (including phenoxy) is 3. The zero-order chi connectivity index (χ0) is 36.1. The lowest BCUT2D eigenvalue weighted by molar-refractivity contribution is 0.00868. The summed E-state index contributed by atoms with van der Waals surface area (Å²) in [5.41, 5.74) is 4.02. The molecule has 0 saturated carbocycles. The maximum absolute atomic E-state index is 13.3. The van der Waals surface area contributed by atoms with Gasteiger partial charge in [0.1, 0.15) is 18.5 Å². The quantitative estimate of drug-likeness (QED) is 0.196. The first-order valence-electron chi connectivity index (χ1n) is 18.9. The second-order valence-corrected chi connectivity index (χ2v) is 14.8. The number of nitriles is 1. The van der Waals surface area contributed by atoms with Crippen molar-refractivity contribution in [3.05, 3.63) is 88.6 Å². The van der Waals surface area contributed by atoms with E-state index < -0.39 is 6.09 Å². The van der Waals surface area contributed by atoms with Crippen LogP contribution in [-0.2, 0) is 29.0 Å². The Kier molecular flexibility index (Phi) is 10.8. The van der Waals surface area contributed by atoms with E-state index in [1.54, 1.807) is 4.90 Å². The summed E-state index contributed by atoms with van der Waals surface area (Å²) in [6.45, 7) is 6.63. The SMILES string of the molecule is N#CC[C@H]1CN(c2nc(OC3CCN(C4CCOCC4)CC3)nc3c2CCN(c2cccc4cccc(Cl)c24)C3)CCN1C(=O)OCc1ccccc1. The topological polar surface area (TPSA) is 107 Å². The molecule has 4 aliphatic rings. The molecular weight excluding hydrogens is 690 g/mol. The van der Waals surface area contributed by atoms with Gasteiger partial charge in [0.05, 0.1) is 35.8 Å². The third-order valence-electron chi connectivity index (χ3n) is 11.2. The number of likely N-dealkylation sites (tertiary alicyclic amines) is 1. The van der Waals surface area contributed by atoms with Crippen LogP contribution < -0.4 is 14.5 Å². The predicted molar refractivity (Wildman–Crippen MR) is 204 cm³/mol. The number of fused-ring (bicyclic) bond motifs is 2. The third-order valence-corrected chi connectivity index (χ3v) is 11.5. The molecule has 0 radical (unpaired) electrons. The van der Waals surface area contributed by atoms with Crippen molar-refractivity contribution in [3.8, 4) is 12.1 Å². The van der Waals surface area contributed by atoms with Crippen LogP contribution in [-0.4, -0.2) is 96.5 Å². The molecule has 11 nitrogen and oxygen atoms in total. The number of carbonyl (C=O) groups excluding carboxylic acids is 1. The first-order chi connectivity index (χ1) is 26.0. The van der Waals surface area contributed by atoms with Crippen LogP contribution in [0.15, 0.2) is 66.7 Å². The number of piperidine rings is 1. The lowest BCUT2D eigenvalue weighted by atomic mass is 10.0. The number of amides is 1. The molecule has 0 spiro atoms. The molecule has 4 aromatic rings. The minimum Gasteiger partial charge on any atom is -0.460 e. The number of hydrogen-bond donors (Lipinski definition) is 0. The number of halogens is 1. The molecular formula is C41H46ClN7O4. The highest BCUT2D eigenvalue weighted by Gasteiger charge is 2.35. The maximum atomic E-state index is 13.3. The fourth-order valence-electron chi connectivity index (χ4n) is 8.38. The molecule has 1 atom stereocenters. The van der Waals surface area contributed by atoms with Crippen molar-refractivity contribution in [1.82, 2.24) is 19.8 Å². The van der Waals surface area contributed by atoms with Gasteiger partial charge in [-0.3, -0.25) is 4.90 Å². The van der Waals surface area contributed by atoms with E-state index in [2.05, 4.69) is 45.0 Å². The van der Waals surface area contributed by atoms with Crippen LogP contribution >= 0.6 is 11.6 Å². The van der Waals surface area contributed by atoms with E-state index >= 15 is 0 Å². The lowest BCUT2D eigenvalue weighted by Gasteiger charge is -2.42. The van der Waals surface area contributed by atoms with Crippen molar-refractivity contribution >= 4 is 40.0 Å². The summed E-state index contributed by atoms with van der Waals surface area (Å²) in [6.07, 6.45) is 4.56. The van der Waals surface area contributed by atoms with Crippen LogP contribution in [0.25, 0.3) is 10.8 Å². The number of aromatic nitrogens is 2. The highest BCUT2D eigenvalue weighted by molar-refractivity contribution is 6.36. The molecule has 53 heavy (non-hydrogen) atoms. The van der Waals surface area contributed by atoms with Crippen molar-refractivity contribution in [2.24, 2.45) is 0 Å². The van der Waals surface area contributed by atoms with Crippen LogP contribution in [0.4, 0.5) is 16.3 Å². The summed E-state index contributed by atoms with van der Waals surface area (Å²) < 4.78 is 18.0. The normalized spacial score (nSPS) is 20.2. The van der Waals surface area contributed by atoms with Gasteiger partial charge in [-0.25, -0.2) is 4.79 Å². The minimum absolute atomic E-state index is 0.0242. The Morgan fingerprint density at radius 3 is 2.49 bits per heavy atom. The molecule has 0 unspecified atom stereocenters. The van der Waals surface area contributed by atoms with Gasteiger partial charge < -0.3 is 28.9 Å². The number of hydrogen-bond acceptors (Lipinski definition) is 10. The Hall–Kier alpha value is -4.63. The Morgan fingerprint density at radius 2 is 1.70 bits per heavy atom. The fraction of sp³-hybridized carbons (Fsp3) is 0.463. The van der Waals surface area contributed by atoms with Gasteiger partial charge >= 0.3 is 12.1 Å². The minimum atomic E-state index is -0.404. The maximum Gasteiger partial charge on any atom is 0.410 e. The summed E-state index contributed by atoms with van der Waals surface area (Å²) in [5.74, 6) is 0.834. The van der Waals surface area contributed by atoms with Gasteiger partial charge in [-0.15, -0.1) is 0 Å². The lowest BCUT2D eigenvalue weighted by Crippen LogP contribution is -2.55. The largest absolute Gasteiger partial charge is 0.460 e. The number of anilines is 2. The second-order valence-electron chi connectivity index (χ2n) is 14.4. The van der Waals surface area contributed by atoms with Gasteiger partial charge in [-0.2, -0.15) is 15.2 Å². The van der Waals surface area contributed by atoms with E-state index in [9.17, 15) is 10.1 Å². The van der Waals surface area contributed by atoms with Crippen molar-refractivity contribution in [2.75, 3.05) is 62.3 Å². The Labute approximate surface area is 316 Å². The molecule has 1 aromatic heterocycles. The van der Waals surface area contributed by atoms with Crippen molar-refractivity contribution in [1.29, 1.82) is 5.26 Å². The molecule has 0 N–H and O–H groups in total. The standard InChI is InChI=1S/C41H46ClN7O4/c42-35-10-4-8-30-9-5-11-37(38(30)35)47-21-15-34-36(27-47)44-40(53-33-13-19-46(20-14-33)31-16-24-51-25-17-31)45-39(34)48-22-23-49(32(26-48)12-18-43)41(50)52-28-29-6-2-1-3-7-29/h1-11,31-33H,12-17,19-28H2/t32-/m0/s1. The van der Waals surface area contributed by atoms with E-state index in [1.807, 2.05) is 42.5 Å². The molecule has 3 saturated heterocycles. The van der Waals surface area contributed by atoms with Gasteiger partial charge in [0, 0.05) is 75.2 Å².